The molecular formula is C12H9N7O4. The molecule has 1 amide bonds. The number of amidine groups is 1. The predicted octanol–water partition coefficient (Wildman–Crippen LogP) is -0.245. The lowest BCUT2D eigenvalue weighted by Crippen LogP contribution is -2.49. The molecule has 0 aliphatic carbocycles. The summed E-state index contributed by atoms with van der Waals surface area (Å²) in [4.78, 5) is 34.1. The van der Waals surface area contributed by atoms with Crippen molar-refractivity contribution in [1.82, 2.24) is 5.32 Å². The summed E-state index contributed by atoms with van der Waals surface area (Å²) >= 11 is 0. The van der Waals surface area contributed by atoms with Gasteiger partial charge in [-0.3, -0.25) is 10.1 Å². The number of fused-ring (bicyclic) bond motifs is 1. The Hall–Kier alpha value is -3.63. The molecule has 1 atom stereocenters. The second-order valence-corrected chi connectivity index (χ2v) is 4.49. The van der Waals surface area contributed by atoms with Gasteiger partial charge in [-0.25, -0.2) is 9.79 Å². The molecule has 0 spiro atoms. The van der Waals surface area contributed by atoms with Crippen molar-refractivity contribution in [1.29, 1.82) is 0 Å². The number of phenols is 1. The highest BCUT2D eigenvalue weighted by atomic mass is 16.4. The Morgan fingerprint density at radius 1 is 1.30 bits per heavy atom. The zero-order chi connectivity index (χ0) is 16.6. The molecule has 2 heterocycles. The van der Waals surface area contributed by atoms with Crippen LogP contribution in [0, 0.1) is 0 Å². The first-order valence-corrected chi connectivity index (χ1v) is 6.23. The SMILES string of the molecule is NC1=NC2=NC(N=Nc3ccc(C(=O)O)c(O)c3)=NC2C(=O)N1. The maximum Gasteiger partial charge on any atom is 0.339 e. The number of nitrogens with two attached hydrogens (primary N) is 1. The monoisotopic (exact) mass is 315 g/mol. The van der Waals surface area contributed by atoms with Crippen LogP contribution >= 0.6 is 0 Å². The number of aliphatic imine (C=N–C) groups is 3. The summed E-state index contributed by atoms with van der Waals surface area (Å²) in [7, 11) is 0. The van der Waals surface area contributed by atoms with E-state index in [4.69, 9.17) is 10.8 Å². The number of aromatic hydroxyl groups is 1. The Bertz CT molecular complexity index is 840. The molecule has 0 aromatic heterocycles. The van der Waals surface area contributed by atoms with E-state index in [1.54, 1.807) is 0 Å². The zero-order valence-electron chi connectivity index (χ0n) is 11.3. The molecular weight excluding hydrogens is 306 g/mol. The van der Waals surface area contributed by atoms with Crippen LogP contribution in [0.15, 0.2) is 43.4 Å². The first kappa shape index (κ1) is 14.3. The fourth-order valence-electron chi connectivity index (χ4n) is 1.89. The number of carboxylic acid groups (broad SMARTS) is 1. The van der Waals surface area contributed by atoms with Crippen molar-refractivity contribution in [3.63, 3.8) is 0 Å². The third kappa shape index (κ3) is 2.74. The van der Waals surface area contributed by atoms with E-state index >= 15 is 0 Å². The molecule has 5 N–H and O–H groups in total. The lowest BCUT2D eigenvalue weighted by atomic mass is 10.2. The number of hydrogen-bond donors (Lipinski definition) is 4. The van der Waals surface area contributed by atoms with Gasteiger partial charge in [-0.05, 0) is 12.1 Å². The summed E-state index contributed by atoms with van der Waals surface area (Å²) in [6, 6.07) is 2.75. The molecule has 0 radical (unpaired) electrons. The minimum Gasteiger partial charge on any atom is -0.507 e. The summed E-state index contributed by atoms with van der Waals surface area (Å²) < 4.78 is 0. The Balaban J connectivity index is 1.82. The van der Waals surface area contributed by atoms with E-state index in [0.717, 1.165) is 6.07 Å². The molecule has 0 bridgehead atoms. The van der Waals surface area contributed by atoms with Gasteiger partial charge in [-0.1, -0.05) is 0 Å². The number of carboxylic acids is 1. The number of azo groups is 1. The molecule has 11 nitrogen and oxygen atoms in total. The van der Waals surface area contributed by atoms with E-state index in [2.05, 4.69) is 30.5 Å². The van der Waals surface area contributed by atoms with E-state index < -0.39 is 23.7 Å². The van der Waals surface area contributed by atoms with E-state index in [9.17, 15) is 14.7 Å². The number of nitrogens with zero attached hydrogens (tertiary/aromatic N) is 5. The number of rotatable bonds is 2. The van der Waals surface area contributed by atoms with Crippen molar-refractivity contribution < 1.29 is 19.8 Å². The van der Waals surface area contributed by atoms with Crippen LogP contribution in [0.5, 0.6) is 5.75 Å². The van der Waals surface area contributed by atoms with Gasteiger partial charge in [-0.2, -0.15) is 9.98 Å². The number of amides is 1. The third-order valence-electron chi connectivity index (χ3n) is 2.90. The zero-order valence-corrected chi connectivity index (χ0v) is 11.3. The normalized spacial score (nSPS) is 19.7. The van der Waals surface area contributed by atoms with Gasteiger partial charge in [0.15, 0.2) is 11.9 Å². The maximum atomic E-state index is 11.6. The minimum atomic E-state index is -1.26. The highest BCUT2D eigenvalue weighted by molar-refractivity contribution is 6.24. The third-order valence-corrected chi connectivity index (χ3v) is 2.90. The summed E-state index contributed by atoms with van der Waals surface area (Å²) in [5, 5.41) is 28.2. The Labute approximate surface area is 128 Å². The van der Waals surface area contributed by atoms with E-state index in [1.807, 2.05) is 0 Å². The van der Waals surface area contributed by atoms with Crippen molar-refractivity contribution in [2.45, 2.75) is 6.04 Å². The van der Waals surface area contributed by atoms with Crippen molar-refractivity contribution in [3.8, 4) is 5.75 Å². The van der Waals surface area contributed by atoms with E-state index in [0.29, 0.717) is 0 Å². The molecule has 0 fully saturated rings. The maximum absolute atomic E-state index is 11.6. The summed E-state index contributed by atoms with van der Waals surface area (Å²) in [5.74, 6) is -2.22. The van der Waals surface area contributed by atoms with E-state index in [1.165, 1.54) is 12.1 Å². The summed E-state index contributed by atoms with van der Waals surface area (Å²) in [6.45, 7) is 0. The van der Waals surface area contributed by atoms with Crippen LogP contribution in [0.2, 0.25) is 0 Å². The van der Waals surface area contributed by atoms with Crippen molar-refractivity contribution in [2.24, 2.45) is 30.9 Å². The van der Waals surface area contributed by atoms with Gasteiger partial charge in [0.25, 0.3) is 11.9 Å². The number of aromatic carboxylic acids is 1. The number of hydrogen-bond acceptors (Lipinski definition) is 9. The first-order valence-electron chi connectivity index (χ1n) is 6.23. The molecule has 116 valence electrons. The van der Waals surface area contributed by atoms with Crippen LogP contribution < -0.4 is 11.1 Å². The molecule has 0 saturated heterocycles. The molecule has 23 heavy (non-hydrogen) atoms. The number of nitrogens with one attached hydrogen (secondary N) is 1. The molecule has 2 aliphatic heterocycles. The molecule has 1 unspecified atom stereocenters. The number of carbonyl (C=O) groups is 2. The molecule has 2 aliphatic rings. The minimum absolute atomic E-state index is 0.0763. The van der Waals surface area contributed by atoms with Crippen molar-refractivity contribution in [3.05, 3.63) is 23.8 Å². The Morgan fingerprint density at radius 2 is 2.09 bits per heavy atom. The summed E-state index contributed by atoms with van der Waals surface area (Å²) in [6.07, 6.45) is 0. The van der Waals surface area contributed by atoms with Gasteiger partial charge in [0.05, 0.1) is 5.69 Å². The fraction of sp³-hybridized carbons (Fsp3) is 0.0833. The number of carbonyl (C=O) groups excluding carboxylic acids is 1. The predicted molar refractivity (Wildman–Crippen MR) is 78.0 cm³/mol. The van der Waals surface area contributed by atoms with Crippen LogP contribution in [-0.2, 0) is 4.79 Å². The molecule has 0 saturated carbocycles. The molecule has 3 rings (SSSR count). The second kappa shape index (κ2) is 5.29. The van der Waals surface area contributed by atoms with Gasteiger partial charge < -0.3 is 15.9 Å². The second-order valence-electron chi connectivity index (χ2n) is 4.49. The van der Waals surface area contributed by atoms with Crippen LogP contribution in [0.25, 0.3) is 0 Å². The fourth-order valence-corrected chi connectivity index (χ4v) is 1.89. The molecule has 11 heteroatoms. The van der Waals surface area contributed by atoms with Crippen molar-refractivity contribution >= 4 is 35.3 Å². The lowest BCUT2D eigenvalue weighted by Gasteiger charge is -2.13. The highest BCUT2D eigenvalue weighted by Crippen LogP contribution is 2.24. The van der Waals surface area contributed by atoms with E-state index in [-0.39, 0.29) is 29.0 Å². The smallest absolute Gasteiger partial charge is 0.339 e. The van der Waals surface area contributed by atoms with Crippen LogP contribution in [0.3, 0.4) is 0 Å². The highest BCUT2D eigenvalue weighted by Gasteiger charge is 2.33. The van der Waals surface area contributed by atoms with Crippen LogP contribution in [-0.4, -0.2) is 45.9 Å². The van der Waals surface area contributed by atoms with Gasteiger partial charge in [0.1, 0.15) is 11.3 Å². The largest absolute Gasteiger partial charge is 0.507 e. The summed E-state index contributed by atoms with van der Waals surface area (Å²) in [5.41, 5.74) is 5.34. The van der Waals surface area contributed by atoms with Gasteiger partial charge in [0, 0.05) is 6.07 Å². The molecule has 1 aromatic rings. The topological polar surface area (TPSA) is 174 Å². The molecule has 1 aromatic carbocycles. The quantitative estimate of drug-likeness (QED) is 0.549. The lowest BCUT2D eigenvalue weighted by molar-refractivity contribution is -0.119. The number of guanidine groups is 2. The standard InChI is InChI=1S/C12H9N7O4/c13-11-15-8-7(9(21)17-11)14-12(16-8)19-18-4-1-2-5(10(22)23)6(20)3-4/h1-3,7,20H,(H,22,23)(H3,13,14,15,16,17,21). The van der Waals surface area contributed by atoms with Gasteiger partial charge in [-0.15, -0.1) is 10.2 Å². The average Bonchev–Trinajstić information content (AvgIpc) is 2.88. The van der Waals surface area contributed by atoms with Gasteiger partial charge in [0.2, 0.25) is 5.96 Å². The Morgan fingerprint density at radius 3 is 2.78 bits per heavy atom. The average molecular weight is 315 g/mol. The van der Waals surface area contributed by atoms with Gasteiger partial charge >= 0.3 is 5.97 Å². The van der Waals surface area contributed by atoms with Crippen molar-refractivity contribution in [2.75, 3.05) is 0 Å². The Kier molecular flexibility index (Phi) is 3.29. The van der Waals surface area contributed by atoms with Crippen LogP contribution in [0.4, 0.5) is 5.69 Å². The van der Waals surface area contributed by atoms with Crippen LogP contribution in [0.1, 0.15) is 10.4 Å². The number of benzene rings is 1. The first-order chi connectivity index (χ1) is 10.9.